The molecule has 0 bridgehead atoms. The second-order valence-electron chi connectivity index (χ2n) is 4.80. The van der Waals surface area contributed by atoms with Gasteiger partial charge in [0.15, 0.2) is 0 Å². The smallest absolute Gasteiger partial charge is 0.137 e. The van der Waals surface area contributed by atoms with Crippen molar-refractivity contribution in [3.05, 3.63) is 30.2 Å². The minimum Gasteiger partial charge on any atom is -0.506 e. The van der Waals surface area contributed by atoms with E-state index in [1.165, 1.54) is 12.8 Å². The Hall–Kier alpha value is -1.55. The van der Waals surface area contributed by atoms with E-state index in [9.17, 15) is 5.11 Å². The first-order valence-electron chi connectivity index (χ1n) is 6.18. The molecule has 1 atom stereocenters. The van der Waals surface area contributed by atoms with Gasteiger partial charge in [0.2, 0.25) is 0 Å². The van der Waals surface area contributed by atoms with Gasteiger partial charge in [0, 0.05) is 6.20 Å². The Balaban J connectivity index is 1.80. The molecule has 90 valence electrons. The first-order chi connectivity index (χ1) is 8.31. The van der Waals surface area contributed by atoms with E-state index in [4.69, 9.17) is 0 Å². The molecular formula is C13H17N3O. The number of piperidine rings is 1. The molecule has 0 aromatic carbocycles. The molecule has 4 heteroatoms. The molecule has 17 heavy (non-hydrogen) atoms. The summed E-state index contributed by atoms with van der Waals surface area (Å²) in [5.74, 6) is 0.975. The molecule has 1 aliphatic rings. The molecule has 1 fully saturated rings. The number of nitrogens with zero attached hydrogens (tertiary/aromatic N) is 2. The van der Waals surface area contributed by atoms with Crippen molar-refractivity contribution >= 4 is 5.65 Å². The van der Waals surface area contributed by atoms with E-state index in [2.05, 4.69) is 10.3 Å². The zero-order chi connectivity index (χ0) is 11.7. The van der Waals surface area contributed by atoms with Crippen LogP contribution in [0.1, 0.15) is 18.5 Å². The van der Waals surface area contributed by atoms with Gasteiger partial charge in [-0.1, -0.05) is 0 Å². The van der Waals surface area contributed by atoms with Crippen molar-refractivity contribution in [3.8, 4) is 5.75 Å². The van der Waals surface area contributed by atoms with Crippen LogP contribution in [0, 0.1) is 5.92 Å². The van der Waals surface area contributed by atoms with Crippen LogP contribution in [0.2, 0.25) is 0 Å². The van der Waals surface area contributed by atoms with Crippen LogP contribution in [0.5, 0.6) is 5.75 Å². The normalized spacial score (nSPS) is 20.8. The van der Waals surface area contributed by atoms with Gasteiger partial charge in [0.25, 0.3) is 0 Å². The lowest BCUT2D eigenvalue weighted by Gasteiger charge is -2.21. The van der Waals surface area contributed by atoms with Crippen molar-refractivity contribution in [2.45, 2.75) is 19.3 Å². The summed E-state index contributed by atoms with van der Waals surface area (Å²) in [4.78, 5) is 4.57. The lowest BCUT2D eigenvalue weighted by molar-refractivity contribution is 0.374. The van der Waals surface area contributed by atoms with Gasteiger partial charge >= 0.3 is 0 Å². The van der Waals surface area contributed by atoms with E-state index in [0.29, 0.717) is 5.92 Å². The Morgan fingerprint density at radius 1 is 1.41 bits per heavy atom. The molecular weight excluding hydrogens is 214 g/mol. The van der Waals surface area contributed by atoms with E-state index in [1.807, 2.05) is 16.7 Å². The highest BCUT2D eigenvalue weighted by molar-refractivity contribution is 5.42. The van der Waals surface area contributed by atoms with Crippen LogP contribution >= 0.6 is 0 Å². The molecule has 0 radical (unpaired) electrons. The predicted octanol–water partition coefficient (Wildman–Crippen LogP) is 1.58. The standard InChI is InChI=1S/C13H17N3O/c17-12-3-4-13-15-11(8-16(13)9-12)6-10-2-1-5-14-7-10/h3-4,8-10,14,17H,1-2,5-7H2. The van der Waals surface area contributed by atoms with Gasteiger partial charge in [-0.05, 0) is 50.4 Å². The van der Waals surface area contributed by atoms with E-state index in [0.717, 1.165) is 30.9 Å². The van der Waals surface area contributed by atoms with E-state index in [1.54, 1.807) is 12.3 Å². The number of fused-ring (bicyclic) bond motifs is 1. The number of aromatic nitrogens is 2. The molecule has 2 N–H and O–H groups in total. The maximum atomic E-state index is 9.40. The third kappa shape index (κ3) is 2.26. The van der Waals surface area contributed by atoms with Crippen molar-refractivity contribution in [1.82, 2.24) is 14.7 Å². The number of rotatable bonds is 2. The molecule has 0 amide bonds. The summed E-state index contributed by atoms with van der Waals surface area (Å²) in [5.41, 5.74) is 2.02. The van der Waals surface area contributed by atoms with Gasteiger partial charge in [0.1, 0.15) is 11.4 Å². The van der Waals surface area contributed by atoms with Crippen LogP contribution in [0.4, 0.5) is 0 Å². The topological polar surface area (TPSA) is 49.6 Å². The Bertz CT molecular complexity index is 514. The van der Waals surface area contributed by atoms with Gasteiger partial charge < -0.3 is 14.8 Å². The highest BCUT2D eigenvalue weighted by atomic mass is 16.3. The minimum absolute atomic E-state index is 0.279. The van der Waals surface area contributed by atoms with Crippen molar-refractivity contribution in [3.63, 3.8) is 0 Å². The largest absolute Gasteiger partial charge is 0.506 e. The third-order valence-corrected chi connectivity index (χ3v) is 3.38. The average molecular weight is 231 g/mol. The molecule has 2 aromatic heterocycles. The van der Waals surface area contributed by atoms with Gasteiger partial charge in [-0.2, -0.15) is 0 Å². The fraction of sp³-hybridized carbons (Fsp3) is 0.462. The number of pyridine rings is 1. The number of hydrogen-bond donors (Lipinski definition) is 2. The Kier molecular flexibility index (Phi) is 2.73. The highest BCUT2D eigenvalue weighted by Crippen LogP contribution is 2.17. The van der Waals surface area contributed by atoms with E-state index < -0.39 is 0 Å². The van der Waals surface area contributed by atoms with Gasteiger partial charge in [-0.15, -0.1) is 0 Å². The Labute approximate surface area is 100 Å². The number of hydrogen-bond acceptors (Lipinski definition) is 3. The zero-order valence-electron chi connectivity index (χ0n) is 9.76. The number of aromatic hydroxyl groups is 1. The van der Waals surface area contributed by atoms with Crippen molar-refractivity contribution < 1.29 is 5.11 Å². The van der Waals surface area contributed by atoms with Crippen LogP contribution in [-0.4, -0.2) is 27.6 Å². The quantitative estimate of drug-likeness (QED) is 0.825. The zero-order valence-corrected chi connectivity index (χ0v) is 9.76. The first-order valence-corrected chi connectivity index (χ1v) is 6.18. The third-order valence-electron chi connectivity index (χ3n) is 3.38. The van der Waals surface area contributed by atoms with Gasteiger partial charge in [0.05, 0.1) is 11.9 Å². The predicted molar refractivity (Wildman–Crippen MR) is 66.2 cm³/mol. The molecule has 4 nitrogen and oxygen atoms in total. The van der Waals surface area contributed by atoms with Gasteiger partial charge in [-0.3, -0.25) is 0 Å². The fourth-order valence-corrected chi connectivity index (χ4v) is 2.52. The molecule has 1 unspecified atom stereocenters. The molecule has 0 spiro atoms. The van der Waals surface area contributed by atoms with Crippen LogP contribution in [0.3, 0.4) is 0 Å². The fourth-order valence-electron chi connectivity index (χ4n) is 2.52. The van der Waals surface area contributed by atoms with Gasteiger partial charge in [-0.25, -0.2) is 4.98 Å². The monoisotopic (exact) mass is 231 g/mol. The van der Waals surface area contributed by atoms with E-state index >= 15 is 0 Å². The minimum atomic E-state index is 0.279. The van der Waals surface area contributed by atoms with Crippen molar-refractivity contribution in [2.75, 3.05) is 13.1 Å². The second kappa shape index (κ2) is 4.37. The van der Waals surface area contributed by atoms with E-state index in [-0.39, 0.29) is 5.75 Å². The Morgan fingerprint density at radius 2 is 2.35 bits per heavy atom. The van der Waals surface area contributed by atoms with Crippen molar-refractivity contribution in [1.29, 1.82) is 0 Å². The average Bonchev–Trinajstić information content (AvgIpc) is 2.71. The maximum absolute atomic E-state index is 9.40. The molecule has 3 heterocycles. The summed E-state index contributed by atoms with van der Waals surface area (Å²) >= 11 is 0. The molecule has 1 saturated heterocycles. The van der Waals surface area contributed by atoms with Crippen LogP contribution in [0.25, 0.3) is 5.65 Å². The Morgan fingerprint density at radius 3 is 3.18 bits per heavy atom. The van der Waals surface area contributed by atoms with Crippen LogP contribution in [-0.2, 0) is 6.42 Å². The summed E-state index contributed by atoms with van der Waals surface area (Å²) in [6.07, 6.45) is 7.29. The summed E-state index contributed by atoms with van der Waals surface area (Å²) < 4.78 is 1.89. The highest BCUT2D eigenvalue weighted by Gasteiger charge is 2.15. The SMILES string of the molecule is Oc1ccc2nc(CC3CCCNC3)cn2c1. The van der Waals surface area contributed by atoms with Crippen molar-refractivity contribution in [2.24, 2.45) is 5.92 Å². The van der Waals surface area contributed by atoms with Crippen LogP contribution in [0.15, 0.2) is 24.5 Å². The van der Waals surface area contributed by atoms with Crippen LogP contribution < -0.4 is 5.32 Å². The number of imidazole rings is 1. The molecule has 2 aromatic rings. The summed E-state index contributed by atoms with van der Waals surface area (Å²) in [6, 6.07) is 3.52. The lowest BCUT2D eigenvalue weighted by atomic mass is 9.95. The lowest BCUT2D eigenvalue weighted by Crippen LogP contribution is -2.30. The molecule has 3 rings (SSSR count). The first kappa shape index (κ1) is 10.6. The summed E-state index contributed by atoms with van der Waals surface area (Å²) in [6.45, 7) is 2.24. The molecule has 0 aliphatic carbocycles. The second-order valence-corrected chi connectivity index (χ2v) is 4.80. The summed E-state index contributed by atoms with van der Waals surface area (Å²) in [7, 11) is 0. The maximum Gasteiger partial charge on any atom is 0.137 e. The number of nitrogens with one attached hydrogen (secondary N) is 1. The molecule has 0 saturated carbocycles. The molecule has 1 aliphatic heterocycles. The summed E-state index contributed by atoms with van der Waals surface area (Å²) in [5, 5.41) is 12.8.